The van der Waals surface area contributed by atoms with Gasteiger partial charge in [-0.2, -0.15) is 0 Å². The van der Waals surface area contributed by atoms with Crippen LogP contribution in [0.3, 0.4) is 0 Å². The number of halogens is 1. The fraction of sp³-hybridized carbons (Fsp3) is 0.353. The van der Waals surface area contributed by atoms with Crippen LogP contribution < -0.4 is 0 Å². The van der Waals surface area contributed by atoms with E-state index in [9.17, 15) is 4.79 Å². The van der Waals surface area contributed by atoms with Gasteiger partial charge in [-0.15, -0.1) is 0 Å². The molecule has 1 aliphatic rings. The Morgan fingerprint density at radius 3 is 2.73 bits per heavy atom. The third-order valence-electron chi connectivity index (χ3n) is 4.10. The predicted molar refractivity (Wildman–Crippen MR) is 90.7 cm³/mol. The molecular formula is C17H20BrN3O. The molecule has 1 amide bonds. The van der Waals surface area contributed by atoms with Gasteiger partial charge in [0.25, 0.3) is 5.91 Å². The highest BCUT2D eigenvalue weighted by Crippen LogP contribution is 2.18. The maximum atomic E-state index is 12.5. The molecule has 22 heavy (non-hydrogen) atoms. The zero-order valence-corrected chi connectivity index (χ0v) is 14.2. The van der Waals surface area contributed by atoms with Gasteiger partial charge in [-0.1, -0.05) is 30.3 Å². The number of benzene rings is 1. The molecule has 0 saturated carbocycles. The van der Waals surface area contributed by atoms with Crippen LogP contribution in [0, 0.1) is 0 Å². The second-order valence-corrected chi connectivity index (χ2v) is 6.72. The van der Waals surface area contributed by atoms with Crippen molar-refractivity contribution in [2.75, 3.05) is 19.6 Å². The first-order valence-electron chi connectivity index (χ1n) is 7.54. The molecule has 5 heteroatoms. The second kappa shape index (κ2) is 6.67. The molecule has 2 aromatic rings. The van der Waals surface area contributed by atoms with Gasteiger partial charge >= 0.3 is 0 Å². The van der Waals surface area contributed by atoms with E-state index in [-0.39, 0.29) is 11.9 Å². The van der Waals surface area contributed by atoms with E-state index < -0.39 is 0 Å². The van der Waals surface area contributed by atoms with Crippen molar-refractivity contribution in [3.63, 3.8) is 0 Å². The van der Waals surface area contributed by atoms with Crippen LogP contribution in [-0.4, -0.2) is 46.4 Å². The summed E-state index contributed by atoms with van der Waals surface area (Å²) in [4.78, 5) is 19.9. The van der Waals surface area contributed by atoms with Crippen molar-refractivity contribution in [3.05, 3.63) is 58.3 Å². The SMILES string of the molecule is CC1CN(Cc2ccccc2)CCN1C(=O)c1cc(Br)c[nH]1. The highest BCUT2D eigenvalue weighted by Gasteiger charge is 2.28. The summed E-state index contributed by atoms with van der Waals surface area (Å²) in [5, 5.41) is 0. The van der Waals surface area contributed by atoms with E-state index in [1.54, 1.807) is 6.20 Å². The van der Waals surface area contributed by atoms with Crippen LogP contribution in [0.2, 0.25) is 0 Å². The van der Waals surface area contributed by atoms with Crippen molar-refractivity contribution in [2.24, 2.45) is 0 Å². The summed E-state index contributed by atoms with van der Waals surface area (Å²) in [5.41, 5.74) is 1.97. The van der Waals surface area contributed by atoms with Crippen molar-refractivity contribution in [1.82, 2.24) is 14.8 Å². The molecule has 1 saturated heterocycles. The van der Waals surface area contributed by atoms with Gasteiger partial charge in [0.2, 0.25) is 0 Å². The molecule has 1 N–H and O–H groups in total. The van der Waals surface area contributed by atoms with Gasteiger partial charge < -0.3 is 9.88 Å². The number of aromatic amines is 1. The molecule has 0 radical (unpaired) electrons. The first kappa shape index (κ1) is 15.3. The zero-order valence-electron chi connectivity index (χ0n) is 12.6. The molecule has 1 atom stereocenters. The van der Waals surface area contributed by atoms with Crippen molar-refractivity contribution in [3.8, 4) is 0 Å². The van der Waals surface area contributed by atoms with Crippen LogP contribution in [-0.2, 0) is 6.54 Å². The van der Waals surface area contributed by atoms with Crippen molar-refractivity contribution >= 4 is 21.8 Å². The van der Waals surface area contributed by atoms with E-state index in [1.165, 1.54) is 5.56 Å². The maximum Gasteiger partial charge on any atom is 0.270 e. The number of amides is 1. The average Bonchev–Trinajstić information content (AvgIpc) is 2.94. The zero-order chi connectivity index (χ0) is 15.5. The van der Waals surface area contributed by atoms with Gasteiger partial charge in [0.05, 0.1) is 0 Å². The Bertz CT molecular complexity index is 640. The standard InChI is InChI=1S/C17H20BrN3O/c1-13-11-20(12-14-5-3-2-4-6-14)7-8-21(13)17(22)16-9-15(18)10-19-16/h2-6,9-10,13,19H,7-8,11-12H2,1H3. The van der Waals surface area contributed by atoms with Gasteiger partial charge in [-0.25, -0.2) is 0 Å². The number of hydrogen-bond donors (Lipinski definition) is 1. The van der Waals surface area contributed by atoms with Crippen molar-refractivity contribution < 1.29 is 4.79 Å². The van der Waals surface area contributed by atoms with Crippen LogP contribution in [0.25, 0.3) is 0 Å². The lowest BCUT2D eigenvalue weighted by atomic mass is 10.1. The Morgan fingerprint density at radius 2 is 2.09 bits per heavy atom. The number of piperazine rings is 1. The third-order valence-corrected chi connectivity index (χ3v) is 4.56. The minimum atomic E-state index is 0.0811. The number of H-pyrrole nitrogens is 1. The quantitative estimate of drug-likeness (QED) is 0.911. The highest BCUT2D eigenvalue weighted by molar-refractivity contribution is 9.10. The molecule has 2 heterocycles. The number of hydrogen-bond acceptors (Lipinski definition) is 2. The lowest BCUT2D eigenvalue weighted by molar-refractivity contribution is 0.0470. The molecule has 1 aliphatic heterocycles. The Morgan fingerprint density at radius 1 is 1.32 bits per heavy atom. The summed E-state index contributed by atoms with van der Waals surface area (Å²) in [6.07, 6.45) is 1.80. The molecule has 1 unspecified atom stereocenters. The first-order valence-corrected chi connectivity index (χ1v) is 8.34. The molecule has 4 nitrogen and oxygen atoms in total. The predicted octanol–water partition coefficient (Wildman–Crippen LogP) is 3.12. The van der Waals surface area contributed by atoms with Crippen molar-refractivity contribution in [1.29, 1.82) is 0 Å². The molecule has 1 aromatic carbocycles. The molecule has 0 aliphatic carbocycles. The normalized spacial score (nSPS) is 19.4. The minimum Gasteiger partial charge on any atom is -0.356 e. The van der Waals surface area contributed by atoms with E-state index in [1.807, 2.05) is 17.0 Å². The van der Waals surface area contributed by atoms with E-state index in [4.69, 9.17) is 0 Å². The average molecular weight is 362 g/mol. The largest absolute Gasteiger partial charge is 0.356 e. The van der Waals surface area contributed by atoms with E-state index >= 15 is 0 Å². The summed E-state index contributed by atoms with van der Waals surface area (Å²) in [7, 11) is 0. The fourth-order valence-corrected chi connectivity index (χ4v) is 3.31. The first-order chi connectivity index (χ1) is 10.6. The summed E-state index contributed by atoms with van der Waals surface area (Å²) in [5.74, 6) is 0.0811. The number of rotatable bonds is 3. The topological polar surface area (TPSA) is 39.3 Å². The Kier molecular flexibility index (Phi) is 4.64. The number of nitrogens with zero attached hydrogens (tertiary/aromatic N) is 2. The Balaban J connectivity index is 1.61. The van der Waals surface area contributed by atoms with Gasteiger partial charge in [0, 0.05) is 42.9 Å². The maximum absolute atomic E-state index is 12.5. The Hall–Kier alpha value is -1.59. The second-order valence-electron chi connectivity index (χ2n) is 5.80. The lowest BCUT2D eigenvalue weighted by Crippen LogP contribution is -2.53. The molecule has 3 rings (SSSR count). The monoisotopic (exact) mass is 361 g/mol. The lowest BCUT2D eigenvalue weighted by Gasteiger charge is -2.39. The van der Waals surface area contributed by atoms with Gasteiger partial charge in [0.1, 0.15) is 5.69 Å². The van der Waals surface area contributed by atoms with Crippen LogP contribution in [0.15, 0.2) is 47.1 Å². The molecule has 116 valence electrons. The van der Waals surface area contributed by atoms with E-state index in [2.05, 4.69) is 57.0 Å². The molecular weight excluding hydrogens is 342 g/mol. The Labute approximate surface area is 139 Å². The van der Waals surface area contributed by atoms with Crippen LogP contribution in [0.4, 0.5) is 0 Å². The third kappa shape index (κ3) is 3.42. The highest BCUT2D eigenvalue weighted by atomic mass is 79.9. The molecule has 1 aromatic heterocycles. The summed E-state index contributed by atoms with van der Waals surface area (Å²) >= 11 is 3.38. The van der Waals surface area contributed by atoms with Gasteiger partial charge in [-0.05, 0) is 34.5 Å². The van der Waals surface area contributed by atoms with Crippen LogP contribution in [0.5, 0.6) is 0 Å². The van der Waals surface area contributed by atoms with E-state index in [0.29, 0.717) is 5.69 Å². The number of aromatic nitrogens is 1. The van der Waals surface area contributed by atoms with Gasteiger partial charge in [0.15, 0.2) is 0 Å². The summed E-state index contributed by atoms with van der Waals surface area (Å²) in [6, 6.07) is 12.5. The van der Waals surface area contributed by atoms with E-state index in [0.717, 1.165) is 30.7 Å². The summed E-state index contributed by atoms with van der Waals surface area (Å²) in [6.45, 7) is 5.65. The number of nitrogens with one attached hydrogen (secondary N) is 1. The molecule has 0 spiro atoms. The molecule has 0 bridgehead atoms. The number of carbonyl (C=O) groups excluding carboxylic acids is 1. The fourth-order valence-electron chi connectivity index (χ4n) is 2.97. The van der Waals surface area contributed by atoms with Crippen LogP contribution in [0.1, 0.15) is 23.0 Å². The van der Waals surface area contributed by atoms with Gasteiger partial charge in [-0.3, -0.25) is 9.69 Å². The molecule has 1 fully saturated rings. The number of carbonyl (C=O) groups is 1. The minimum absolute atomic E-state index is 0.0811. The van der Waals surface area contributed by atoms with Crippen molar-refractivity contribution in [2.45, 2.75) is 19.5 Å². The summed E-state index contributed by atoms with van der Waals surface area (Å²) < 4.78 is 0.909. The van der Waals surface area contributed by atoms with Crippen LogP contribution >= 0.6 is 15.9 Å². The smallest absolute Gasteiger partial charge is 0.270 e.